The molecule has 1 aliphatic rings. The Morgan fingerprint density at radius 1 is 1.18 bits per heavy atom. The molecule has 2 N–H and O–H groups in total. The number of aliphatic hydroxyl groups excluding tert-OH is 1. The lowest BCUT2D eigenvalue weighted by Gasteiger charge is -2.23. The van der Waals surface area contributed by atoms with E-state index in [1.54, 1.807) is 19.1 Å². The summed E-state index contributed by atoms with van der Waals surface area (Å²) < 4.78 is 10.7. The number of Topliss-reactive ketones (excluding diaryl/α,β-unsaturated/α-hetero) is 1. The molecule has 0 aliphatic carbocycles. The van der Waals surface area contributed by atoms with Crippen molar-refractivity contribution < 1.29 is 24.2 Å². The number of aromatic nitrogens is 3. The van der Waals surface area contributed by atoms with Gasteiger partial charge >= 0.3 is 0 Å². The van der Waals surface area contributed by atoms with E-state index in [0.29, 0.717) is 33.1 Å². The molecule has 5 rings (SSSR count). The van der Waals surface area contributed by atoms with Gasteiger partial charge in [0.05, 0.1) is 46.4 Å². The van der Waals surface area contributed by atoms with Crippen molar-refractivity contribution in [3.63, 3.8) is 0 Å². The van der Waals surface area contributed by atoms with Crippen LogP contribution in [0.4, 0.5) is 5.95 Å². The zero-order chi connectivity index (χ0) is 24.1. The number of H-pyrrole nitrogens is 1. The summed E-state index contributed by atoms with van der Waals surface area (Å²) in [5.41, 5.74) is 1.72. The number of rotatable bonds is 6. The molecule has 4 aromatic rings. The Hall–Kier alpha value is -3.70. The molecule has 9 nitrogen and oxygen atoms in total. The monoisotopic (exact) mass is 496 g/mol. The number of thiazole rings is 1. The van der Waals surface area contributed by atoms with Gasteiger partial charge in [-0.1, -0.05) is 6.07 Å². The van der Waals surface area contributed by atoms with Gasteiger partial charge in [-0.15, -0.1) is 22.7 Å². The van der Waals surface area contributed by atoms with Crippen LogP contribution in [0, 0.1) is 13.8 Å². The predicted molar refractivity (Wildman–Crippen MR) is 129 cm³/mol. The Morgan fingerprint density at radius 2 is 1.91 bits per heavy atom. The second-order valence-electron chi connectivity index (χ2n) is 7.62. The van der Waals surface area contributed by atoms with Crippen molar-refractivity contribution in [3.05, 3.63) is 61.4 Å². The molecular formula is C23H20N4O5S2. The first-order valence-electron chi connectivity index (χ1n) is 10.2. The number of ketones is 1. The van der Waals surface area contributed by atoms with E-state index in [1.807, 2.05) is 24.4 Å². The minimum atomic E-state index is -0.842. The molecule has 174 valence electrons. The molecule has 0 bridgehead atoms. The average molecular weight is 497 g/mol. The van der Waals surface area contributed by atoms with Crippen LogP contribution < -0.4 is 14.4 Å². The number of ether oxygens (including phenoxy) is 2. The molecule has 1 unspecified atom stereocenters. The number of imidazole rings is 1. The van der Waals surface area contributed by atoms with Crippen molar-refractivity contribution in [2.75, 3.05) is 19.1 Å². The summed E-state index contributed by atoms with van der Waals surface area (Å²) in [5.74, 6) is -0.540. The molecule has 0 spiro atoms. The highest BCUT2D eigenvalue weighted by Gasteiger charge is 2.47. The standard InChI is InChI=1S/C23H20N4O5S2/c1-10-21(34-11(2)24-10)19(28)17-18(16-6-5-7-33-16)27(22(30)20(17)29)23-25-12-8-14(31-3)15(32-4)9-13(12)26-23/h5-9,18,29H,1-4H3,(H,25,26). The van der Waals surface area contributed by atoms with Gasteiger partial charge in [-0.05, 0) is 25.3 Å². The maximum atomic E-state index is 13.6. The van der Waals surface area contributed by atoms with Crippen molar-refractivity contribution in [3.8, 4) is 11.5 Å². The molecule has 4 heterocycles. The second kappa shape index (κ2) is 8.26. The number of anilines is 1. The van der Waals surface area contributed by atoms with E-state index in [2.05, 4.69) is 15.0 Å². The van der Waals surface area contributed by atoms with Crippen LogP contribution in [0.5, 0.6) is 11.5 Å². The Morgan fingerprint density at radius 3 is 2.53 bits per heavy atom. The minimum absolute atomic E-state index is 0.00909. The lowest BCUT2D eigenvalue weighted by molar-refractivity contribution is -0.117. The Kier molecular flexibility index (Phi) is 5.37. The predicted octanol–water partition coefficient (Wildman–Crippen LogP) is 4.50. The largest absolute Gasteiger partial charge is 0.503 e. The van der Waals surface area contributed by atoms with Crippen LogP contribution >= 0.6 is 22.7 Å². The molecule has 0 saturated heterocycles. The molecule has 1 aromatic carbocycles. The second-order valence-corrected chi connectivity index (χ2v) is 9.80. The van der Waals surface area contributed by atoms with E-state index in [-0.39, 0.29) is 11.5 Å². The van der Waals surface area contributed by atoms with Crippen LogP contribution in [0.25, 0.3) is 11.0 Å². The molecule has 3 aromatic heterocycles. The summed E-state index contributed by atoms with van der Waals surface area (Å²) in [6.07, 6.45) is 0. The fourth-order valence-corrected chi connectivity index (χ4v) is 5.77. The van der Waals surface area contributed by atoms with Crippen LogP contribution in [0.2, 0.25) is 0 Å². The van der Waals surface area contributed by atoms with Crippen molar-refractivity contribution in [1.29, 1.82) is 0 Å². The zero-order valence-corrected chi connectivity index (χ0v) is 20.3. The molecule has 0 saturated carbocycles. The van der Waals surface area contributed by atoms with Crippen molar-refractivity contribution in [1.82, 2.24) is 15.0 Å². The molecule has 11 heteroatoms. The van der Waals surface area contributed by atoms with Gasteiger partial charge in [-0.2, -0.15) is 0 Å². The summed E-state index contributed by atoms with van der Waals surface area (Å²) in [4.78, 5) is 41.4. The first-order chi connectivity index (χ1) is 16.3. The zero-order valence-electron chi connectivity index (χ0n) is 18.7. The summed E-state index contributed by atoms with van der Waals surface area (Å²) in [7, 11) is 3.05. The number of nitrogens with one attached hydrogen (secondary N) is 1. The van der Waals surface area contributed by atoms with Gasteiger partial charge in [0, 0.05) is 17.0 Å². The van der Waals surface area contributed by atoms with Crippen molar-refractivity contribution in [2.24, 2.45) is 0 Å². The van der Waals surface area contributed by atoms with Gasteiger partial charge in [0.2, 0.25) is 11.7 Å². The number of benzene rings is 1. The number of aromatic amines is 1. The van der Waals surface area contributed by atoms with Gasteiger partial charge in [0.1, 0.15) is 6.04 Å². The van der Waals surface area contributed by atoms with Crippen LogP contribution in [-0.2, 0) is 4.79 Å². The third-order valence-electron chi connectivity index (χ3n) is 5.58. The highest BCUT2D eigenvalue weighted by Crippen LogP contribution is 2.44. The van der Waals surface area contributed by atoms with Gasteiger partial charge in [-0.3, -0.25) is 14.5 Å². The number of hydrogen-bond donors (Lipinski definition) is 2. The average Bonchev–Trinajstić information content (AvgIpc) is 3.59. The van der Waals surface area contributed by atoms with Crippen LogP contribution in [0.3, 0.4) is 0 Å². The van der Waals surface area contributed by atoms with Crippen LogP contribution in [0.1, 0.15) is 31.3 Å². The molecule has 1 aliphatic heterocycles. The quantitative estimate of drug-likeness (QED) is 0.378. The Balaban J connectivity index is 1.65. The summed E-state index contributed by atoms with van der Waals surface area (Å²) in [6, 6.07) is 6.22. The van der Waals surface area contributed by atoms with Crippen molar-refractivity contribution in [2.45, 2.75) is 19.9 Å². The van der Waals surface area contributed by atoms with Gasteiger partial charge in [-0.25, -0.2) is 9.97 Å². The number of carbonyl (C=O) groups excluding carboxylic acids is 2. The number of aliphatic hydroxyl groups is 1. The van der Waals surface area contributed by atoms with Crippen molar-refractivity contribution >= 4 is 51.3 Å². The van der Waals surface area contributed by atoms with Gasteiger partial charge in [0.15, 0.2) is 17.3 Å². The summed E-state index contributed by atoms with van der Waals surface area (Å²) in [6.45, 7) is 3.55. The van der Waals surface area contributed by atoms with Gasteiger partial charge in [0.25, 0.3) is 5.91 Å². The van der Waals surface area contributed by atoms with Crippen LogP contribution in [-0.4, -0.2) is 46.0 Å². The Labute approximate surface area is 202 Å². The van der Waals surface area contributed by atoms with Crippen LogP contribution in [0.15, 0.2) is 41.0 Å². The van der Waals surface area contributed by atoms with E-state index in [0.717, 1.165) is 9.88 Å². The first kappa shape index (κ1) is 22.1. The fourth-order valence-electron chi connectivity index (χ4n) is 4.07. The molecule has 34 heavy (non-hydrogen) atoms. The summed E-state index contributed by atoms with van der Waals surface area (Å²) in [5, 5.41) is 13.5. The maximum absolute atomic E-state index is 13.6. The smallest absolute Gasteiger partial charge is 0.296 e. The number of aryl methyl sites for hydroxylation is 2. The third kappa shape index (κ3) is 3.35. The number of methoxy groups -OCH3 is 2. The molecule has 0 fully saturated rings. The summed E-state index contributed by atoms with van der Waals surface area (Å²) >= 11 is 2.62. The lowest BCUT2D eigenvalue weighted by Crippen LogP contribution is -2.31. The number of carbonyl (C=O) groups is 2. The number of nitrogens with zero attached hydrogens (tertiary/aromatic N) is 3. The topological polar surface area (TPSA) is 118 Å². The van der Waals surface area contributed by atoms with E-state index in [1.165, 1.54) is 41.8 Å². The SMILES string of the molecule is COc1cc2nc(N3C(=O)C(O)=C(C(=O)c4sc(C)nc4C)C3c3cccs3)[nH]c2cc1OC. The molecule has 0 radical (unpaired) electrons. The molecule has 1 amide bonds. The van der Waals surface area contributed by atoms with E-state index >= 15 is 0 Å². The Bertz CT molecular complexity index is 1430. The van der Waals surface area contributed by atoms with E-state index < -0.39 is 23.5 Å². The van der Waals surface area contributed by atoms with E-state index in [9.17, 15) is 14.7 Å². The first-order valence-corrected chi connectivity index (χ1v) is 11.9. The van der Waals surface area contributed by atoms with E-state index in [4.69, 9.17) is 9.47 Å². The maximum Gasteiger partial charge on any atom is 0.296 e. The number of fused-ring (bicyclic) bond motifs is 1. The number of amides is 1. The fraction of sp³-hybridized carbons (Fsp3) is 0.217. The van der Waals surface area contributed by atoms with Gasteiger partial charge < -0.3 is 19.6 Å². The highest BCUT2D eigenvalue weighted by molar-refractivity contribution is 7.14. The lowest BCUT2D eigenvalue weighted by atomic mass is 10.0. The number of hydrogen-bond acceptors (Lipinski definition) is 9. The molecule has 1 atom stereocenters. The normalized spacial score (nSPS) is 16.1. The highest BCUT2D eigenvalue weighted by atomic mass is 32.1. The third-order valence-corrected chi connectivity index (χ3v) is 7.57. The minimum Gasteiger partial charge on any atom is -0.503 e. The molecular weight excluding hydrogens is 476 g/mol. The number of thiophene rings is 1.